The molecule has 0 fully saturated rings. The molecule has 0 saturated carbocycles. The van der Waals surface area contributed by atoms with Gasteiger partial charge in [-0.2, -0.15) is 4.99 Å². The molecule has 0 aliphatic heterocycles. The maximum absolute atomic E-state index is 11.7. The van der Waals surface area contributed by atoms with Crippen molar-refractivity contribution in [2.24, 2.45) is 10.9 Å². The first kappa shape index (κ1) is 12.6. The average molecular weight is 234 g/mol. The van der Waals surface area contributed by atoms with E-state index in [1.54, 1.807) is 24.3 Å². The molecule has 1 amide bonds. The third kappa shape index (κ3) is 3.93. The molecule has 0 saturated heterocycles. The minimum atomic E-state index is -0.0879. The second-order valence-electron chi connectivity index (χ2n) is 3.86. The van der Waals surface area contributed by atoms with Crippen LogP contribution in [-0.4, -0.2) is 17.6 Å². The van der Waals surface area contributed by atoms with Gasteiger partial charge in [0.2, 0.25) is 0 Å². The average Bonchev–Trinajstić information content (AvgIpc) is 2.26. The van der Waals surface area contributed by atoms with E-state index in [0.717, 1.165) is 0 Å². The summed E-state index contributed by atoms with van der Waals surface area (Å²) in [5, 5.41) is 5.12. The molecule has 3 nitrogen and oxygen atoms in total. The van der Waals surface area contributed by atoms with Gasteiger partial charge in [0.25, 0.3) is 5.91 Å². The lowest BCUT2D eigenvalue weighted by Crippen LogP contribution is -2.27. The maximum atomic E-state index is 11.7. The molecule has 0 aliphatic carbocycles. The van der Waals surface area contributed by atoms with E-state index in [9.17, 15) is 4.79 Å². The zero-order valence-corrected chi connectivity index (χ0v) is 10.2. The number of nitrogens with zero attached hydrogens (tertiary/aromatic N) is 1. The van der Waals surface area contributed by atoms with Gasteiger partial charge in [0, 0.05) is 12.1 Å². The van der Waals surface area contributed by atoms with Gasteiger partial charge < -0.3 is 5.32 Å². The van der Waals surface area contributed by atoms with Crippen molar-refractivity contribution in [2.45, 2.75) is 13.8 Å². The van der Waals surface area contributed by atoms with Crippen LogP contribution in [0.3, 0.4) is 0 Å². The number of hydrogen-bond donors (Lipinski definition) is 1. The van der Waals surface area contributed by atoms with Crippen molar-refractivity contribution in [3.05, 3.63) is 29.8 Å². The van der Waals surface area contributed by atoms with Gasteiger partial charge in [-0.1, -0.05) is 19.9 Å². The molecule has 4 heteroatoms. The van der Waals surface area contributed by atoms with E-state index in [2.05, 4.69) is 27.7 Å². The van der Waals surface area contributed by atoms with Gasteiger partial charge in [-0.3, -0.25) is 4.79 Å². The third-order valence-electron chi connectivity index (χ3n) is 1.95. The Labute approximate surface area is 101 Å². The Balaban J connectivity index is 2.75. The van der Waals surface area contributed by atoms with Crippen LogP contribution in [0, 0.1) is 5.92 Å². The Bertz CT molecular complexity index is 423. The number of nitrogens with one attached hydrogen (secondary N) is 1. The fraction of sp³-hybridized carbons (Fsp3) is 0.333. The number of aliphatic imine (C=N–C) groups is 1. The quantitative estimate of drug-likeness (QED) is 0.643. The number of hydrogen-bond acceptors (Lipinski definition) is 3. The van der Waals surface area contributed by atoms with Gasteiger partial charge in [-0.15, -0.1) is 0 Å². The normalized spacial score (nSPS) is 9.69. The summed E-state index contributed by atoms with van der Waals surface area (Å²) in [6, 6.07) is 6.99. The molecule has 0 aliphatic rings. The number of carbonyl (C=O) groups is 1. The minimum absolute atomic E-state index is 0.0879. The number of carbonyl (C=O) groups excluding carboxylic acids is 1. The van der Waals surface area contributed by atoms with Crippen LogP contribution in [-0.2, 0) is 0 Å². The zero-order valence-electron chi connectivity index (χ0n) is 9.36. The first-order valence-corrected chi connectivity index (χ1v) is 5.50. The predicted octanol–water partition coefficient (Wildman–Crippen LogP) is 2.81. The summed E-state index contributed by atoms with van der Waals surface area (Å²) in [5.74, 6) is 0.348. The van der Waals surface area contributed by atoms with Crippen molar-refractivity contribution in [1.82, 2.24) is 5.32 Å². The highest BCUT2D eigenvalue weighted by Crippen LogP contribution is 2.13. The lowest BCUT2D eigenvalue weighted by Gasteiger charge is -2.07. The van der Waals surface area contributed by atoms with Crippen LogP contribution in [0.5, 0.6) is 0 Å². The van der Waals surface area contributed by atoms with Crippen molar-refractivity contribution in [1.29, 1.82) is 0 Å². The van der Waals surface area contributed by atoms with E-state index in [0.29, 0.717) is 23.7 Å². The van der Waals surface area contributed by atoms with Crippen LogP contribution in [0.15, 0.2) is 29.3 Å². The smallest absolute Gasteiger partial charge is 0.251 e. The van der Waals surface area contributed by atoms with Crippen LogP contribution in [0.1, 0.15) is 24.2 Å². The lowest BCUT2D eigenvalue weighted by atomic mass is 10.1. The van der Waals surface area contributed by atoms with E-state index in [4.69, 9.17) is 0 Å². The number of benzene rings is 1. The molecule has 1 aromatic rings. The Kier molecular flexibility index (Phi) is 4.83. The van der Waals surface area contributed by atoms with Gasteiger partial charge in [0.15, 0.2) is 0 Å². The predicted molar refractivity (Wildman–Crippen MR) is 68.3 cm³/mol. The maximum Gasteiger partial charge on any atom is 0.251 e. The van der Waals surface area contributed by atoms with Crippen molar-refractivity contribution in [2.75, 3.05) is 6.54 Å². The fourth-order valence-electron chi connectivity index (χ4n) is 1.17. The Morgan fingerprint density at radius 3 is 2.94 bits per heavy atom. The molecule has 0 spiro atoms. The molecule has 0 atom stereocenters. The third-order valence-corrected chi connectivity index (χ3v) is 2.05. The van der Waals surface area contributed by atoms with Crippen molar-refractivity contribution in [3.8, 4) is 0 Å². The Hall–Kier alpha value is -1.51. The highest BCUT2D eigenvalue weighted by atomic mass is 32.1. The highest BCUT2D eigenvalue weighted by molar-refractivity contribution is 7.78. The molecular formula is C12H14N2OS. The van der Waals surface area contributed by atoms with Crippen molar-refractivity contribution >= 4 is 29.0 Å². The monoisotopic (exact) mass is 234 g/mol. The number of isothiocyanates is 1. The molecule has 1 aromatic carbocycles. The lowest BCUT2D eigenvalue weighted by molar-refractivity contribution is 0.0949. The molecule has 1 rings (SSSR count). The summed E-state index contributed by atoms with van der Waals surface area (Å²) in [5.41, 5.74) is 1.24. The number of rotatable bonds is 4. The Morgan fingerprint density at radius 2 is 2.31 bits per heavy atom. The first-order valence-electron chi connectivity index (χ1n) is 5.09. The number of amides is 1. The van der Waals surface area contributed by atoms with E-state index in [1.807, 2.05) is 13.8 Å². The van der Waals surface area contributed by atoms with Gasteiger partial charge >= 0.3 is 0 Å². The van der Waals surface area contributed by atoms with E-state index >= 15 is 0 Å². The molecule has 0 unspecified atom stereocenters. The molecule has 84 valence electrons. The molecule has 0 radical (unpaired) electrons. The second-order valence-corrected chi connectivity index (χ2v) is 4.04. The van der Waals surface area contributed by atoms with Gasteiger partial charge in [-0.25, -0.2) is 0 Å². The molecule has 1 N–H and O–H groups in total. The topological polar surface area (TPSA) is 41.5 Å². The van der Waals surface area contributed by atoms with Crippen LogP contribution in [0.25, 0.3) is 0 Å². The molecular weight excluding hydrogens is 220 g/mol. The SMILES string of the molecule is CC(C)CNC(=O)c1cccc(N=C=S)c1. The molecule has 0 aromatic heterocycles. The largest absolute Gasteiger partial charge is 0.352 e. The summed E-state index contributed by atoms with van der Waals surface area (Å²) in [6.07, 6.45) is 0. The fourth-order valence-corrected chi connectivity index (χ4v) is 1.27. The standard InChI is InChI=1S/C12H14N2OS/c1-9(2)7-13-12(15)10-4-3-5-11(6-10)14-8-16/h3-6,9H,7H2,1-2H3,(H,13,15). The van der Waals surface area contributed by atoms with Gasteiger partial charge in [-0.05, 0) is 36.3 Å². The van der Waals surface area contributed by atoms with Crippen LogP contribution >= 0.6 is 12.2 Å². The summed E-state index contributed by atoms with van der Waals surface area (Å²) >= 11 is 4.51. The van der Waals surface area contributed by atoms with Crippen LogP contribution in [0.2, 0.25) is 0 Å². The Morgan fingerprint density at radius 1 is 1.56 bits per heavy atom. The van der Waals surface area contributed by atoms with Gasteiger partial charge in [0.05, 0.1) is 10.8 Å². The summed E-state index contributed by atoms with van der Waals surface area (Å²) < 4.78 is 0. The number of thiocarbonyl (C=S) groups is 1. The van der Waals surface area contributed by atoms with Crippen LogP contribution in [0.4, 0.5) is 5.69 Å². The minimum Gasteiger partial charge on any atom is -0.352 e. The molecule has 0 heterocycles. The first-order chi connectivity index (χ1) is 7.63. The highest BCUT2D eigenvalue weighted by Gasteiger charge is 2.05. The summed E-state index contributed by atoms with van der Waals surface area (Å²) in [4.78, 5) is 15.5. The van der Waals surface area contributed by atoms with Crippen LogP contribution < -0.4 is 5.32 Å². The van der Waals surface area contributed by atoms with Crippen molar-refractivity contribution in [3.63, 3.8) is 0 Å². The molecule has 16 heavy (non-hydrogen) atoms. The zero-order chi connectivity index (χ0) is 12.0. The summed E-state index contributed by atoms with van der Waals surface area (Å²) in [7, 11) is 0. The van der Waals surface area contributed by atoms with E-state index in [1.165, 1.54) is 0 Å². The van der Waals surface area contributed by atoms with Crippen molar-refractivity contribution < 1.29 is 4.79 Å². The van der Waals surface area contributed by atoms with E-state index in [-0.39, 0.29) is 5.91 Å². The second kappa shape index (κ2) is 6.16. The van der Waals surface area contributed by atoms with Gasteiger partial charge in [0.1, 0.15) is 0 Å². The summed E-state index contributed by atoms with van der Waals surface area (Å²) in [6.45, 7) is 4.76. The van der Waals surface area contributed by atoms with E-state index < -0.39 is 0 Å². The molecule has 0 bridgehead atoms.